The van der Waals surface area contributed by atoms with E-state index in [2.05, 4.69) is 0 Å². The molecule has 2 fully saturated rings. The van der Waals surface area contributed by atoms with Crippen molar-refractivity contribution >= 4 is 41.0 Å². The molecule has 6 nitrogen and oxygen atoms in total. The van der Waals surface area contributed by atoms with E-state index in [0.29, 0.717) is 42.4 Å². The number of carbonyl (C=O) groups excluding carboxylic acids is 2. The zero-order chi connectivity index (χ0) is 25.1. The van der Waals surface area contributed by atoms with Crippen LogP contribution in [0.1, 0.15) is 62.1 Å². The van der Waals surface area contributed by atoms with Crippen LogP contribution in [0.2, 0.25) is 10.0 Å². The average molecular weight is 517 g/mol. The highest BCUT2D eigenvalue weighted by molar-refractivity contribution is 6.30. The van der Waals surface area contributed by atoms with Crippen LogP contribution in [0, 0.1) is 5.92 Å². The van der Waals surface area contributed by atoms with Crippen LogP contribution in [0.15, 0.2) is 48.5 Å². The van der Waals surface area contributed by atoms with Crippen molar-refractivity contribution in [3.63, 3.8) is 0 Å². The largest absolute Gasteiger partial charge is 0.481 e. The second kappa shape index (κ2) is 11.0. The molecular formula is C27H30Cl2N2O4. The average Bonchev–Trinajstić information content (AvgIpc) is 3.23. The minimum absolute atomic E-state index is 0.101. The number of carboxylic acid groups (broad SMARTS) is 1. The maximum atomic E-state index is 13.9. The van der Waals surface area contributed by atoms with Gasteiger partial charge in [0.1, 0.15) is 0 Å². The van der Waals surface area contributed by atoms with Crippen LogP contribution in [0.25, 0.3) is 0 Å². The van der Waals surface area contributed by atoms with Gasteiger partial charge < -0.3 is 14.9 Å². The summed E-state index contributed by atoms with van der Waals surface area (Å²) in [6.45, 7) is 3.12. The van der Waals surface area contributed by atoms with Gasteiger partial charge in [0.05, 0.1) is 12.5 Å². The quantitative estimate of drug-likeness (QED) is 0.499. The van der Waals surface area contributed by atoms with Crippen molar-refractivity contribution in [2.75, 3.05) is 13.1 Å². The molecule has 2 amide bonds. The van der Waals surface area contributed by atoms with Gasteiger partial charge in [0, 0.05) is 47.4 Å². The first kappa shape index (κ1) is 25.5. The molecule has 0 unspecified atom stereocenters. The van der Waals surface area contributed by atoms with Crippen LogP contribution in [0.4, 0.5) is 0 Å². The fraction of sp³-hybridized carbons (Fsp3) is 0.444. The number of rotatable bonds is 8. The summed E-state index contributed by atoms with van der Waals surface area (Å²) in [4.78, 5) is 41.7. The molecule has 0 radical (unpaired) electrons. The molecular weight excluding hydrogens is 487 g/mol. The number of hydrogen-bond donors (Lipinski definition) is 1. The highest BCUT2D eigenvalue weighted by Crippen LogP contribution is 2.47. The maximum absolute atomic E-state index is 13.9. The first-order valence-electron chi connectivity index (χ1n) is 12.1. The van der Waals surface area contributed by atoms with Crippen molar-refractivity contribution in [1.29, 1.82) is 0 Å². The van der Waals surface area contributed by atoms with Gasteiger partial charge in [0.25, 0.3) is 0 Å². The zero-order valence-corrected chi connectivity index (χ0v) is 21.2. The van der Waals surface area contributed by atoms with Crippen LogP contribution in [0.3, 0.4) is 0 Å². The second-order valence-electron chi connectivity index (χ2n) is 9.44. The van der Waals surface area contributed by atoms with Crippen molar-refractivity contribution < 1.29 is 19.5 Å². The molecule has 2 heterocycles. The Morgan fingerprint density at radius 1 is 1.09 bits per heavy atom. The lowest BCUT2D eigenvalue weighted by Crippen LogP contribution is -2.55. The standard InChI is InChI=1S/C27H30Cl2N2O4/c1-2-22(16-30-12-4-7-24(30)32)31-26(17-8-10-20(28)11-9-17)23(18-5-3-6-21(29)13-18)14-19(27(31)35)15-25(33)34/h3,5-6,8-11,13,19,22-23,26H,2,4,7,12,14-16H2,1H3,(H,33,34)/t19-,22-,23-,26+/m1/s1. The first-order chi connectivity index (χ1) is 16.8. The molecule has 0 aromatic heterocycles. The molecule has 1 N–H and O–H groups in total. The number of benzene rings is 2. The lowest BCUT2D eigenvalue weighted by atomic mass is 9.74. The van der Waals surface area contributed by atoms with E-state index in [0.717, 1.165) is 17.5 Å². The monoisotopic (exact) mass is 516 g/mol. The number of aliphatic carboxylic acids is 1. The summed E-state index contributed by atoms with van der Waals surface area (Å²) in [6.07, 6.45) is 2.14. The van der Waals surface area contributed by atoms with E-state index in [-0.39, 0.29) is 36.2 Å². The van der Waals surface area contributed by atoms with Gasteiger partial charge in [-0.15, -0.1) is 0 Å². The van der Waals surface area contributed by atoms with Crippen LogP contribution >= 0.6 is 23.2 Å². The Morgan fingerprint density at radius 2 is 1.83 bits per heavy atom. The molecule has 2 aromatic rings. The van der Waals surface area contributed by atoms with Gasteiger partial charge >= 0.3 is 5.97 Å². The predicted octanol–water partition coefficient (Wildman–Crippen LogP) is 5.54. The molecule has 4 atom stereocenters. The number of amides is 2. The van der Waals surface area contributed by atoms with Gasteiger partial charge in [-0.1, -0.05) is 54.4 Å². The van der Waals surface area contributed by atoms with E-state index in [9.17, 15) is 19.5 Å². The SMILES string of the molecule is CC[C@H](CN1CCCC1=O)N1C(=O)[C@@H](CC(=O)O)C[C@H](c2cccc(Cl)c2)[C@@H]1c1ccc(Cl)cc1. The van der Waals surface area contributed by atoms with Crippen LogP contribution in [0.5, 0.6) is 0 Å². The number of hydrogen-bond acceptors (Lipinski definition) is 3. The summed E-state index contributed by atoms with van der Waals surface area (Å²) >= 11 is 12.5. The number of carbonyl (C=O) groups is 3. The van der Waals surface area contributed by atoms with Gasteiger partial charge in [-0.2, -0.15) is 0 Å². The van der Waals surface area contributed by atoms with E-state index in [4.69, 9.17) is 23.2 Å². The number of likely N-dealkylation sites (tertiary alicyclic amines) is 2. The lowest BCUT2D eigenvalue weighted by Gasteiger charge is -2.49. The molecule has 35 heavy (non-hydrogen) atoms. The third-order valence-corrected chi connectivity index (χ3v) is 7.69. The Labute approximate surface area is 215 Å². The van der Waals surface area contributed by atoms with Gasteiger partial charge in [-0.3, -0.25) is 14.4 Å². The summed E-state index contributed by atoms with van der Waals surface area (Å²) in [6, 6.07) is 14.4. The van der Waals surface area contributed by atoms with Crippen LogP contribution < -0.4 is 0 Å². The molecule has 0 saturated carbocycles. The number of carboxylic acids is 1. The predicted molar refractivity (Wildman–Crippen MR) is 135 cm³/mol. The molecule has 4 rings (SSSR count). The van der Waals surface area contributed by atoms with Gasteiger partial charge in [-0.05, 0) is 54.7 Å². The van der Waals surface area contributed by atoms with E-state index in [1.807, 2.05) is 59.2 Å². The summed E-state index contributed by atoms with van der Waals surface area (Å²) in [7, 11) is 0. The highest BCUT2D eigenvalue weighted by Gasteiger charge is 2.46. The van der Waals surface area contributed by atoms with Crippen LogP contribution in [-0.4, -0.2) is 51.8 Å². The summed E-state index contributed by atoms with van der Waals surface area (Å²) in [5, 5.41) is 10.8. The fourth-order valence-corrected chi connectivity index (χ4v) is 5.86. The van der Waals surface area contributed by atoms with Gasteiger partial charge in [0.2, 0.25) is 11.8 Å². The van der Waals surface area contributed by atoms with Crippen molar-refractivity contribution in [2.45, 2.75) is 57.0 Å². The minimum Gasteiger partial charge on any atom is -0.481 e. The Hall–Kier alpha value is -2.57. The van der Waals surface area contributed by atoms with E-state index in [1.54, 1.807) is 6.07 Å². The molecule has 0 spiro atoms. The maximum Gasteiger partial charge on any atom is 0.304 e. The Morgan fingerprint density at radius 3 is 2.43 bits per heavy atom. The number of halogens is 2. The highest BCUT2D eigenvalue weighted by atomic mass is 35.5. The lowest BCUT2D eigenvalue weighted by molar-refractivity contribution is -0.153. The van der Waals surface area contributed by atoms with E-state index < -0.39 is 11.9 Å². The van der Waals surface area contributed by atoms with Gasteiger partial charge in [-0.25, -0.2) is 0 Å². The molecule has 0 aliphatic carbocycles. The van der Waals surface area contributed by atoms with E-state index >= 15 is 0 Å². The number of piperidine rings is 1. The van der Waals surface area contributed by atoms with Crippen molar-refractivity contribution in [3.8, 4) is 0 Å². The zero-order valence-electron chi connectivity index (χ0n) is 19.7. The summed E-state index contributed by atoms with van der Waals surface area (Å²) in [5.41, 5.74) is 1.88. The molecule has 2 aliphatic heterocycles. The molecule has 186 valence electrons. The summed E-state index contributed by atoms with van der Waals surface area (Å²) < 4.78 is 0. The van der Waals surface area contributed by atoms with Crippen LogP contribution in [-0.2, 0) is 14.4 Å². The molecule has 8 heteroatoms. The molecule has 2 aliphatic rings. The normalized spacial score (nSPS) is 23.6. The smallest absolute Gasteiger partial charge is 0.304 e. The summed E-state index contributed by atoms with van der Waals surface area (Å²) in [5.74, 6) is -1.90. The third kappa shape index (κ3) is 5.65. The van der Waals surface area contributed by atoms with Crippen molar-refractivity contribution in [2.24, 2.45) is 5.92 Å². The Kier molecular flexibility index (Phi) is 8.02. The third-order valence-electron chi connectivity index (χ3n) is 7.20. The van der Waals surface area contributed by atoms with E-state index in [1.165, 1.54) is 0 Å². The second-order valence-corrected chi connectivity index (χ2v) is 10.3. The Balaban J connectivity index is 1.82. The van der Waals surface area contributed by atoms with Crippen molar-refractivity contribution in [1.82, 2.24) is 9.80 Å². The van der Waals surface area contributed by atoms with Gasteiger partial charge in [0.15, 0.2) is 0 Å². The molecule has 2 aromatic carbocycles. The van der Waals surface area contributed by atoms with Crippen molar-refractivity contribution in [3.05, 3.63) is 69.7 Å². The first-order valence-corrected chi connectivity index (χ1v) is 12.9. The Bertz CT molecular complexity index is 1090. The molecule has 0 bridgehead atoms. The topological polar surface area (TPSA) is 77.9 Å². The molecule has 2 saturated heterocycles. The number of nitrogens with zero attached hydrogens (tertiary/aromatic N) is 2. The minimum atomic E-state index is -0.999. The fourth-order valence-electron chi connectivity index (χ4n) is 5.54.